The summed E-state index contributed by atoms with van der Waals surface area (Å²) in [5.74, 6) is 0.193. The summed E-state index contributed by atoms with van der Waals surface area (Å²) in [5.41, 5.74) is 5.54. The van der Waals surface area contributed by atoms with E-state index in [9.17, 15) is 4.79 Å². The minimum absolute atomic E-state index is 0.193. The Kier molecular flexibility index (Phi) is 6.49. The van der Waals surface area contributed by atoms with E-state index in [2.05, 4.69) is 11.8 Å². The molecule has 0 heterocycles. The standard InChI is InChI=1S/C10H23N3O/c1-9(8-11)13(4)7-5-6-10(14)12(2)3/h9H,5-8,11H2,1-4H3. The van der Waals surface area contributed by atoms with E-state index in [0.29, 0.717) is 19.0 Å². The van der Waals surface area contributed by atoms with Crippen LogP contribution in [0.3, 0.4) is 0 Å². The first-order chi connectivity index (χ1) is 6.49. The van der Waals surface area contributed by atoms with Crippen LogP contribution in [0.2, 0.25) is 0 Å². The van der Waals surface area contributed by atoms with Crippen molar-refractivity contribution in [2.24, 2.45) is 5.73 Å². The van der Waals surface area contributed by atoms with Crippen molar-refractivity contribution in [2.75, 3.05) is 34.2 Å². The Morgan fingerprint density at radius 3 is 2.36 bits per heavy atom. The van der Waals surface area contributed by atoms with Crippen molar-refractivity contribution < 1.29 is 4.79 Å². The molecule has 0 aromatic rings. The highest BCUT2D eigenvalue weighted by Gasteiger charge is 2.08. The Morgan fingerprint density at radius 2 is 1.93 bits per heavy atom. The summed E-state index contributed by atoms with van der Waals surface area (Å²) in [7, 11) is 5.61. The first-order valence-corrected chi connectivity index (χ1v) is 5.09. The maximum Gasteiger partial charge on any atom is 0.222 e. The van der Waals surface area contributed by atoms with Crippen LogP contribution in [-0.2, 0) is 4.79 Å². The van der Waals surface area contributed by atoms with Gasteiger partial charge in [-0.05, 0) is 26.9 Å². The molecule has 1 atom stereocenters. The average Bonchev–Trinajstić information content (AvgIpc) is 2.15. The number of carbonyl (C=O) groups excluding carboxylic acids is 1. The molecule has 0 saturated heterocycles. The number of amides is 1. The lowest BCUT2D eigenvalue weighted by molar-refractivity contribution is -0.128. The van der Waals surface area contributed by atoms with Gasteiger partial charge in [-0.15, -0.1) is 0 Å². The second-order valence-electron chi connectivity index (χ2n) is 3.96. The molecule has 2 N–H and O–H groups in total. The molecule has 0 rings (SSSR count). The molecule has 0 saturated carbocycles. The van der Waals surface area contributed by atoms with E-state index in [0.717, 1.165) is 13.0 Å². The van der Waals surface area contributed by atoms with Gasteiger partial charge in [0, 0.05) is 33.1 Å². The van der Waals surface area contributed by atoms with Crippen LogP contribution in [0, 0.1) is 0 Å². The quantitative estimate of drug-likeness (QED) is 0.665. The van der Waals surface area contributed by atoms with Gasteiger partial charge in [0.05, 0.1) is 0 Å². The summed E-state index contributed by atoms with van der Waals surface area (Å²) in [6.45, 7) is 3.68. The Bertz CT molecular complexity index is 171. The van der Waals surface area contributed by atoms with Crippen molar-refractivity contribution in [3.8, 4) is 0 Å². The summed E-state index contributed by atoms with van der Waals surface area (Å²) in [6.07, 6.45) is 1.52. The highest BCUT2D eigenvalue weighted by Crippen LogP contribution is 1.99. The average molecular weight is 201 g/mol. The molecule has 4 heteroatoms. The Labute approximate surface area is 87.0 Å². The molecular weight excluding hydrogens is 178 g/mol. The molecule has 0 aliphatic rings. The van der Waals surface area contributed by atoms with Crippen molar-refractivity contribution in [1.82, 2.24) is 9.80 Å². The summed E-state index contributed by atoms with van der Waals surface area (Å²) >= 11 is 0. The van der Waals surface area contributed by atoms with E-state index in [-0.39, 0.29) is 5.91 Å². The first-order valence-electron chi connectivity index (χ1n) is 5.09. The van der Waals surface area contributed by atoms with E-state index < -0.39 is 0 Å². The lowest BCUT2D eigenvalue weighted by atomic mass is 10.2. The van der Waals surface area contributed by atoms with Gasteiger partial charge in [-0.3, -0.25) is 4.79 Å². The maximum absolute atomic E-state index is 11.2. The molecule has 0 bridgehead atoms. The fraction of sp³-hybridized carbons (Fsp3) is 0.900. The molecule has 1 unspecified atom stereocenters. The molecule has 84 valence electrons. The predicted octanol–water partition coefficient (Wildman–Crippen LogP) is 0.134. The van der Waals surface area contributed by atoms with Crippen LogP contribution in [0.5, 0.6) is 0 Å². The van der Waals surface area contributed by atoms with Crippen molar-refractivity contribution in [1.29, 1.82) is 0 Å². The Hall–Kier alpha value is -0.610. The fourth-order valence-corrected chi connectivity index (χ4v) is 1.10. The van der Waals surface area contributed by atoms with Crippen molar-refractivity contribution >= 4 is 5.91 Å². The zero-order valence-corrected chi connectivity index (χ0v) is 9.79. The monoisotopic (exact) mass is 201 g/mol. The molecular formula is C10H23N3O. The molecule has 0 aromatic heterocycles. The van der Waals surface area contributed by atoms with Gasteiger partial charge in [-0.2, -0.15) is 0 Å². The molecule has 0 aliphatic carbocycles. The third kappa shape index (κ3) is 5.19. The Morgan fingerprint density at radius 1 is 1.36 bits per heavy atom. The molecule has 0 radical (unpaired) electrons. The number of carbonyl (C=O) groups is 1. The number of hydrogen-bond donors (Lipinski definition) is 1. The largest absolute Gasteiger partial charge is 0.349 e. The van der Waals surface area contributed by atoms with Crippen LogP contribution in [-0.4, -0.2) is 56.0 Å². The van der Waals surface area contributed by atoms with E-state index in [4.69, 9.17) is 5.73 Å². The minimum Gasteiger partial charge on any atom is -0.349 e. The van der Waals surface area contributed by atoms with Crippen molar-refractivity contribution in [3.63, 3.8) is 0 Å². The Balaban J connectivity index is 3.59. The lowest BCUT2D eigenvalue weighted by Crippen LogP contribution is -2.36. The molecule has 14 heavy (non-hydrogen) atoms. The fourth-order valence-electron chi connectivity index (χ4n) is 1.10. The minimum atomic E-state index is 0.193. The van der Waals surface area contributed by atoms with Crippen LogP contribution in [0.25, 0.3) is 0 Å². The zero-order valence-electron chi connectivity index (χ0n) is 9.79. The zero-order chi connectivity index (χ0) is 11.1. The summed E-state index contributed by atoms with van der Waals surface area (Å²) < 4.78 is 0. The number of nitrogens with zero attached hydrogens (tertiary/aromatic N) is 2. The highest BCUT2D eigenvalue weighted by atomic mass is 16.2. The van der Waals surface area contributed by atoms with Gasteiger partial charge in [0.1, 0.15) is 0 Å². The third-order valence-corrected chi connectivity index (χ3v) is 2.49. The number of hydrogen-bond acceptors (Lipinski definition) is 3. The highest BCUT2D eigenvalue weighted by molar-refractivity contribution is 5.75. The predicted molar refractivity (Wildman–Crippen MR) is 59.1 cm³/mol. The van der Waals surface area contributed by atoms with E-state index in [1.54, 1.807) is 19.0 Å². The number of likely N-dealkylation sites (N-methyl/N-ethyl adjacent to an activating group) is 1. The number of rotatable bonds is 6. The SMILES string of the molecule is CC(CN)N(C)CCCC(=O)N(C)C. The van der Waals surface area contributed by atoms with Crippen LogP contribution < -0.4 is 5.73 Å². The summed E-state index contributed by atoms with van der Waals surface area (Å²) in [6, 6.07) is 0.393. The topological polar surface area (TPSA) is 49.6 Å². The van der Waals surface area contributed by atoms with Gasteiger partial charge in [0.25, 0.3) is 0 Å². The van der Waals surface area contributed by atoms with Gasteiger partial charge in [0.15, 0.2) is 0 Å². The molecule has 4 nitrogen and oxygen atoms in total. The van der Waals surface area contributed by atoms with Gasteiger partial charge in [-0.1, -0.05) is 0 Å². The van der Waals surface area contributed by atoms with Crippen LogP contribution in [0.1, 0.15) is 19.8 Å². The normalized spacial score (nSPS) is 13.0. The second-order valence-corrected chi connectivity index (χ2v) is 3.96. The number of nitrogens with two attached hydrogens (primary N) is 1. The van der Waals surface area contributed by atoms with Crippen LogP contribution in [0.15, 0.2) is 0 Å². The van der Waals surface area contributed by atoms with E-state index in [1.165, 1.54) is 0 Å². The third-order valence-electron chi connectivity index (χ3n) is 2.49. The van der Waals surface area contributed by atoms with E-state index >= 15 is 0 Å². The molecule has 0 aromatic carbocycles. The summed E-state index contributed by atoms with van der Waals surface area (Å²) in [4.78, 5) is 15.1. The second kappa shape index (κ2) is 6.79. The summed E-state index contributed by atoms with van der Waals surface area (Å²) in [5, 5.41) is 0. The van der Waals surface area contributed by atoms with Gasteiger partial charge in [-0.25, -0.2) is 0 Å². The molecule has 1 amide bonds. The molecule has 0 aliphatic heterocycles. The van der Waals surface area contributed by atoms with Gasteiger partial charge >= 0.3 is 0 Å². The maximum atomic E-state index is 11.2. The smallest absolute Gasteiger partial charge is 0.222 e. The molecule has 0 spiro atoms. The lowest BCUT2D eigenvalue weighted by Gasteiger charge is -2.23. The van der Waals surface area contributed by atoms with Gasteiger partial charge < -0.3 is 15.5 Å². The van der Waals surface area contributed by atoms with Crippen LogP contribution in [0.4, 0.5) is 0 Å². The first kappa shape index (κ1) is 13.4. The van der Waals surface area contributed by atoms with Gasteiger partial charge in [0.2, 0.25) is 5.91 Å². The van der Waals surface area contributed by atoms with Crippen LogP contribution >= 0.6 is 0 Å². The molecule has 0 fully saturated rings. The van der Waals surface area contributed by atoms with E-state index in [1.807, 2.05) is 7.05 Å². The van der Waals surface area contributed by atoms with Crippen molar-refractivity contribution in [3.05, 3.63) is 0 Å². The van der Waals surface area contributed by atoms with Crippen molar-refractivity contribution in [2.45, 2.75) is 25.8 Å².